The van der Waals surface area contributed by atoms with Gasteiger partial charge in [0.05, 0.1) is 17.6 Å². The number of nitrogens with one attached hydrogen (secondary N) is 1. The van der Waals surface area contributed by atoms with E-state index in [4.69, 9.17) is 10.5 Å². The summed E-state index contributed by atoms with van der Waals surface area (Å²) < 4.78 is 5.69. The van der Waals surface area contributed by atoms with Crippen LogP contribution in [0.5, 0.6) is 0 Å². The lowest BCUT2D eigenvalue weighted by molar-refractivity contribution is -0.134. The molecule has 4 aromatic carbocycles. The molecule has 2 amide bonds. The summed E-state index contributed by atoms with van der Waals surface area (Å²) in [7, 11) is -0.753. The molecule has 4 aromatic rings. The maximum Gasteiger partial charge on any atom is 0.340 e. The predicted molar refractivity (Wildman–Crippen MR) is 175 cm³/mol. The molecule has 0 aliphatic heterocycles. The fraction of sp³-hybridized carbons (Fsp3) is 0.152. The van der Waals surface area contributed by atoms with Crippen LogP contribution in [0.25, 0.3) is 0 Å². The van der Waals surface area contributed by atoms with Crippen molar-refractivity contribution in [2.75, 3.05) is 18.9 Å². The largest absolute Gasteiger partial charge is 0.462 e. The van der Waals surface area contributed by atoms with E-state index in [1.165, 1.54) is 10.6 Å². The number of benzene rings is 4. The molecule has 6 nitrogen and oxygen atoms in total. The summed E-state index contributed by atoms with van der Waals surface area (Å²) in [6.07, 6.45) is 1.51. The molecule has 41 heavy (non-hydrogen) atoms. The lowest BCUT2D eigenvalue weighted by Gasteiger charge is -2.33. The molecule has 0 saturated heterocycles. The number of hydrogen-bond acceptors (Lipinski definition) is 4. The van der Waals surface area contributed by atoms with Crippen molar-refractivity contribution in [3.63, 3.8) is 0 Å². The topological polar surface area (TPSA) is 93.8 Å². The molecular formula is C33H35N3O3P2. The highest BCUT2D eigenvalue weighted by Gasteiger charge is 2.34. The zero-order valence-electron chi connectivity index (χ0n) is 23.3. The molecule has 0 radical (unpaired) electrons. The summed E-state index contributed by atoms with van der Waals surface area (Å²) in [5.74, 6) is -0.440. The van der Waals surface area contributed by atoms with Crippen LogP contribution < -0.4 is 32.4 Å². The highest BCUT2D eigenvalue weighted by molar-refractivity contribution is 7.92. The molecule has 0 unspecified atom stereocenters. The Kier molecular flexibility index (Phi) is 10.7. The van der Waals surface area contributed by atoms with E-state index in [2.05, 4.69) is 83.3 Å². The van der Waals surface area contributed by atoms with E-state index in [1.807, 2.05) is 48.5 Å². The smallest absolute Gasteiger partial charge is 0.340 e. The molecule has 0 aliphatic carbocycles. The van der Waals surface area contributed by atoms with Crippen LogP contribution in [-0.4, -0.2) is 41.9 Å². The van der Waals surface area contributed by atoms with Crippen LogP contribution in [0, 0.1) is 0 Å². The molecule has 0 aliphatic rings. The third-order valence-corrected chi connectivity index (χ3v) is 14.1. The molecule has 0 atom stereocenters. The van der Waals surface area contributed by atoms with Gasteiger partial charge in [0.1, 0.15) is 0 Å². The average Bonchev–Trinajstić information content (AvgIpc) is 3.01. The van der Waals surface area contributed by atoms with Crippen molar-refractivity contribution in [2.45, 2.75) is 13.8 Å². The molecule has 0 saturated carbocycles. The molecule has 0 bridgehead atoms. The van der Waals surface area contributed by atoms with Crippen molar-refractivity contribution in [1.82, 2.24) is 5.43 Å². The minimum absolute atomic E-state index is 0.211. The van der Waals surface area contributed by atoms with Crippen molar-refractivity contribution >= 4 is 59.0 Å². The molecular weight excluding hydrogens is 548 g/mol. The van der Waals surface area contributed by atoms with Gasteiger partial charge in [-0.15, -0.1) is 0 Å². The molecule has 0 aromatic heterocycles. The Morgan fingerprint density at radius 1 is 0.780 bits per heavy atom. The minimum atomic E-state index is -2.67. The quantitative estimate of drug-likeness (QED) is 0.117. The lowest BCUT2D eigenvalue weighted by Crippen LogP contribution is -2.37. The molecule has 0 spiro atoms. The van der Waals surface area contributed by atoms with Gasteiger partial charge in [-0.05, 0) is 62.2 Å². The van der Waals surface area contributed by atoms with E-state index in [-0.39, 0.29) is 6.61 Å². The number of carbonyl (C=O) groups excluding carboxylic acids is 2. The van der Waals surface area contributed by atoms with Crippen molar-refractivity contribution in [2.24, 2.45) is 10.8 Å². The fourth-order valence-electron chi connectivity index (χ4n) is 4.99. The third-order valence-electron chi connectivity index (χ3n) is 6.72. The number of hydrazone groups is 1. The van der Waals surface area contributed by atoms with Crippen LogP contribution in [0.3, 0.4) is 0 Å². The van der Waals surface area contributed by atoms with Gasteiger partial charge in [0.15, 0.2) is 0 Å². The second kappa shape index (κ2) is 14.6. The van der Waals surface area contributed by atoms with Gasteiger partial charge in [0.2, 0.25) is 0 Å². The zero-order chi connectivity index (χ0) is 29.1. The van der Waals surface area contributed by atoms with E-state index >= 15 is 0 Å². The first kappa shape index (κ1) is 30.0. The normalized spacial score (nSPS) is 11.6. The van der Waals surface area contributed by atoms with Gasteiger partial charge in [0.25, 0.3) is 0 Å². The SMILES string of the molecule is CCOC(=O)C(/C(C)=N/NC(N)=O)=P(CCP(c1ccccc1)c1ccccc1)(c1ccccc1)c1ccccc1. The van der Waals surface area contributed by atoms with Gasteiger partial charge >= 0.3 is 12.0 Å². The van der Waals surface area contributed by atoms with E-state index in [9.17, 15) is 9.59 Å². The summed E-state index contributed by atoms with van der Waals surface area (Å²) in [6, 6.07) is 40.6. The molecule has 210 valence electrons. The number of nitrogens with zero attached hydrogens (tertiary/aromatic N) is 1. The number of primary amides is 1. The van der Waals surface area contributed by atoms with Gasteiger partial charge in [-0.2, -0.15) is 5.10 Å². The molecule has 8 heteroatoms. The first-order valence-corrected chi connectivity index (χ1v) is 17.0. The predicted octanol–water partition coefficient (Wildman–Crippen LogP) is 4.57. The Hall–Kier alpha value is -3.98. The van der Waals surface area contributed by atoms with E-state index < -0.39 is 26.8 Å². The van der Waals surface area contributed by atoms with Crippen LogP contribution in [0.15, 0.2) is 126 Å². The fourth-order valence-corrected chi connectivity index (χ4v) is 12.8. The molecule has 0 heterocycles. The van der Waals surface area contributed by atoms with Crippen molar-refractivity contribution in [3.05, 3.63) is 121 Å². The number of urea groups is 1. The Balaban J connectivity index is 2.04. The van der Waals surface area contributed by atoms with Crippen molar-refractivity contribution in [1.29, 1.82) is 0 Å². The van der Waals surface area contributed by atoms with Crippen LogP contribution in [0.1, 0.15) is 13.8 Å². The second-order valence-electron chi connectivity index (χ2n) is 9.27. The Morgan fingerprint density at radius 3 is 1.63 bits per heavy atom. The van der Waals surface area contributed by atoms with E-state index in [1.54, 1.807) is 13.8 Å². The van der Waals surface area contributed by atoms with Gasteiger partial charge in [0, 0.05) is 0 Å². The van der Waals surface area contributed by atoms with E-state index in [0.29, 0.717) is 17.2 Å². The molecule has 3 N–H and O–H groups in total. The average molecular weight is 584 g/mol. The maximum absolute atomic E-state index is 14.0. The summed E-state index contributed by atoms with van der Waals surface area (Å²) in [5.41, 5.74) is 8.08. The summed E-state index contributed by atoms with van der Waals surface area (Å²) in [4.78, 5) is 25.6. The number of esters is 1. The van der Waals surface area contributed by atoms with Gasteiger partial charge in [-0.1, -0.05) is 121 Å². The number of ether oxygens (including phenoxy) is 1. The maximum atomic E-state index is 14.0. The summed E-state index contributed by atoms with van der Waals surface area (Å²) >= 11 is 0. The second-order valence-corrected chi connectivity index (χ2v) is 15.2. The summed E-state index contributed by atoms with van der Waals surface area (Å²) in [6.45, 7) is 1.07. The van der Waals surface area contributed by atoms with Crippen LogP contribution >= 0.6 is 14.8 Å². The number of carbonyl (C=O) groups is 2. The van der Waals surface area contributed by atoms with E-state index in [0.717, 1.165) is 16.8 Å². The Morgan fingerprint density at radius 2 is 1.22 bits per heavy atom. The highest BCUT2D eigenvalue weighted by Crippen LogP contribution is 2.50. The van der Waals surface area contributed by atoms with Crippen LogP contribution in [0.4, 0.5) is 4.79 Å². The number of rotatable bonds is 11. The number of hydrogen-bond donors (Lipinski definition) is 2. The first-order chi connectivity index (χ1) is 20.0. The summed E-state index contributed by atoms with van der Waals surface area (Å²) in [5, 5.41) is 9.37. The van der Waals surface area contributed by atoms with Crippen LogP contribution in [0.2, 0.25) is 0 Å². The van der Waals surface area contributed by atoms with Crippen LogP contribution in [-0.2, 0) is 9.53 Å². The highest BCUT2D eigenvalue weighted by atomic mass is 31.2. The molecule has 4 rings (SSSR count). The Bertz CT molecular complexity index is 1440. The van der Waals surface area contributed by atoms with Crippen molar-refractivity contribution < 1.29 is 14.3 Å². The number of amides is 2. The first-order valence-electron chi connectivity index (χ1n) is 13.5. The Labute approximate surface area is 243 Å². The third kappa shape index (κ3) is 7.21. The lowest BCUT2D eigenvalue weighted by atomic mass is 10.3. The van der Waals surface area contributed by atoms with Crippen molar-refractivity contribution in [3.8, 4) is 0 Å². The zero-order valence-corrected chi connectivity index (χ0v) is 25.1. The number of nitrogens with two attached hydrogens (primary N) is 1. The van der Waals surface area contributed by atoms with Gasteiger partial charge < -0.3 is 10.5 Å². The molecule has 0 fully saturated rings. The standard InChI is InChI=1S/C33H35N3O3P2/c1-3-39-32(37)31(26(2)35-36-33(34)38)41(29-20-12-6-13-21-29,30-22-14-7-15-23-30)25-24-40(27-16-8-4-9-17-27)28-18-10-5-11-19-28/h4-23H,3,24-25H2,1-2H3,(H3,34,36,38)/b35-26+. The minimum Gasteiger partial charge on any atom is -0.462 e. The van der Waals surface area contributed by atoms with Gasteiger partial charge in [-0.3, -0.25) is 0 Å². The van der Waals surface area contributed by atoms with Gasteiger partial charge in [-0.25, -0.2) is 15.0 Å². The monoisotopic (exact) mass is 583 g/mol.